The molecule has 2 heterocycles. The molecule has 1 aliphatic carbocycles. The second-order valence-electron chi connectivity index (χ2n) is 10.4. The Balaban J connectivity index is 1.49. The van der Waals surface area contributed by atoms with Gasteiger partial charge in [-0.2, -0.15) is 0 Å². The van der Waals surface area contributed by atoms with Crippen LogP contribution in [-0.4, -0.2) is 60.5 Å². The third-order valence-corrected chi connectivity index (χ3v) is 8.32. The van der Waals surface area contributed by atoms with E-state index in [0.29, 0.717) is 24.1 Å². The van der Waals surface area contributed by atoms with E-state index in [4.69, 9.17) is 22.1 Å². The van der Waals surface area contributed by atoms with E-state index in [9.17, 15) is 9.59 Å². The lowest BCUT2D eigenvalue weighted by atomic mass is 9.78. The largest absolute Gasteiger partial charge is 0.381 e. The Labute approximate surface area is 202 Å². The molecule has 0 radical (unpaired) electrons. The molecule has 4 rings (SSSR count). The number of ether oxygens (including phenoxy) is 1. The Kier molecular flexibility index (Phi) is 7.66. The molecule has 0 aromatic heterocycles. The van der Waals surface area contributed by atoms with Gasteiger partial charge < -0.3 is 15.4 Å². The zero-order valence-corrected chi connectivity index (χ0v) is 20.9. The highest BCUT2D eigenvalue weighted by Gasteiger charge is 2.38. The molecule has 2 saturated heterocycles. The molecule has 1 aromatic carbocycles. The second kappa shape index (κ2) is 10.3. The molecule has 2 amide bonds. The average Bonchev–Trinajstić information content (AvgIpc) is 3.43. The van der Waals surface area contributed by atoms with Crippen LogP contribution in [0.15, 0.2) is 12.1 Å². The first kappa shape index (κ1) is 24.5. The molecular formula is C26H38ClN3O3. The van der Waals surface area contributed by atoms with E-state index in [1.807, 2.05) is 12.1 Å². The zero-order valence-electron chi connectivity index (χ0n) is 20.2. The van der Waals surface area contributed by atoms with Crippen molar-refractivity contribution in [2.24, 2.45) is 23.5 Å². The molecule has 3 aliphatic rings. The number of piperazine rings is 1. The van der Waals surface area contributed by atoms with Gasteiger partial charge in [0, 0.05) is 55.7 Å². The quantitative estimate of drug-likeness (QED) is 0.680. The van der Waals surface area contributed by atoms with Crippen LogP contribution in [0.4, 0.5) is 0 Å². The first-order chi connectivity index (χ1) is 15.8. The number of benzene rings is 1. The molecule has 0 spiro atoms. The highest BCUT2D eigenvalue weighted by molar-refractivity contribution is 6.30. The summed E-state index contributed by atoms with van der Waals surface area (Å²) < 4.78 is 5.64. The van der Waals surface area contributed by atoms with E-state index in [1.165, 1.54) is 12.8 Å². The summed E-state index contributed by atoms with van der Waals surface area (Å²) in [5, 5.41) is 0.631. The number of halogens is 1. The molecular weight excluding hydrogens is 438 g/mol. The molecule has 6 nitrogen and oxygen atoms in total. The van der Waals surface area contributed by atoms with E-state index in [1.54, 1.807) is 0 Å². The van der Waals surface area contributed by atoms with Gasteiger partial charge in [-0.15, -0.1) is 0 Å². The van der Waals surface area contributed by atoms with Gasteiger partial charge in [0.15, 0.2) is 0 Å². The third kappa shape index (κ3) is 5.23. The molecule has 2 N–H and O–H groups in total. The lowest BCUT2D eigenvalue weighted by Gasteiger charge is -2.41. The van der Waals surface area contributed by atoms with Crippen LogP contribution in [0.3, 0.4) is 0 Å². The zero-order chi connectivity index (χ0) is 23.7. The van der Waals surface area contributed by atoms with Crippen LogP contribution in [0.2, 0.25) is 5.02 Å². The average molecular weight is 476 g/mol. The second-order valence-corrected chi connectivity index (χ2v) is 10.9. The van der Waals surface area contributed by atoms with Crippen molar-refractivity contribution in [3.63, 3.8) is 0 Å². The van der Waals surface area contributed by atoms with Crippen molar-refractivity contribution >= 4 is 23.4 Å². The molecule has 1 saturated carbocycles. The van der Waals surface area contributed by atoms with Gasteiger partial charge in [-0.3, -0.25) is 14.5 Å². The number of nitrogens with two attached hydrogens (primary N) is 1. The first-order valence-corrected chi connectivity index (χ1v) is 12.8. The maximum atomic E-state index is 12.9. The maximum Gasteiger partial charge on any atom is 0.226 e. The normalized spacial score (nSPS) is 27.8. The van der Waals surface area contributed by atoms with Crippen LogP contribution in [0.25, 0.3) is 0 Å². The van der Waals surface area contributed by atoms with Crippen LogP contribution in [-0.2, 0) is 20.9 Å². The number of hydrogen-bond donors (Lipinski definition) is 1. The van der Waals surface area contributed by atoms with Crippen molar-refractivity contribution in [2.45, 2.75) is 65.0 Å². The monoisotopic (exact) mass is 475 g/mol. The van der Waals surface area contributed by atoms with Gasteiger partial charge in [0.25, 0.3) is 0 Å². The Morgan fingerprint density at radius 3 is 2.52 bits per heavy atom. The SMILES string of the molecule is Cc1c(CN2CCN(C(=O)C3CCCC3)[C@@H](C)C2)cc(Cl)cc1C(C(N)=O)C1COCC1C. The van der Waals surface area contributed by atoms with Gasteiger partial charge in [0.2, 0.25) is 11.8 Å². The number of carbonyl (C=O) groups excluding carboxylic acids is 2. The first-order valence-electron chi connectivity index (χ1n) is 12.4. The lowest BCUT2D eigenvalue weighted by molar-refractivity contribution is -0.140. The topological polar surface area (TPSA) is 75.9 Å². The summed E-state index contributed by atoms with van der Waals surface area (Å²) in [6.07, 6.45) is 4.45. The number of carbonyl (C=O) groups is 2. The molecule has 33 heavy (non-hydrogen) atoms. The Hall–Kier alpha value is -1.63. The van der Waals surface area contributed by atoms with Crippen LogP contribution >= 0.6 is 11.6 Å². The number of hydrogen-bond acceptors (Lipinski definition) is 4. The highest BCUT2D eigenvalue weighted by atomic mass is 35.5. The molecule has 7 heteroatoms. The van der Waals surface area contributed by atoms with Gasteiger partial charge in [-0.05, 0) is 61.4 Å². The summed E-state index contributed by atoms with van der Waals surface area (Å²) in [6.45, 7) is 10.7. The van der Waals surface area contributed by atoms with E-state index in [0.717, 1.165) is 55.7 Å². The van der Waals surface area contributed by atoms with E-state index < -0.39 is 5.92 Å². The molecule has 3 fully saturated rings. The number of amides is 2. The summed E-state index contributed by atoms with van der Waals surface area (Å²) in [5.41, 5.74) is 9.02. The van der Waals surface area contributed by atoms with Crippen molar-refractivity contribution < 1.29 is 14.3 Å². The molecule has 3 unspecified atom stereocenters. The fourth-order valence-electron chi connectivity index (χ4n) is 6.10. The van der Waals surface area contributed by atoms with E-state index in [2.05, 4.69) is 30.6 Å². The van der Waals surface area contributed by atoms with Crippen LogP contribution < -0.4 is 5.73 Å². The van der Waals surface area contributed by atoms with Gasteiger partial charge in [0.1, 0.15) is 0 Å². The third-order valence-electron chi connectivity index (χ3n) is 8.10. The van der Waals surface area contributed by atoms with Crippen molar-refractivity contribution in [2.75, 3.05) is 32.8 Å². The smallest absolute Gasteiger partial charge is 0.226 e. The predicted molar refractivity (Wildman–Crippen MR) is 130 cm³/mol. The van der Waals surface area contributed by atoms with Crippen molar-refractivity contribution in [1.82, 2.24) is 9.80 Å². The van der Waals surface area contributed by atoms with Crippen molar-refractivity contribution in [1.29, 1.82) is 0 Å². The molecule has 182 valence electrons. The van der Waals surface area contributed by atoms with Gasteiger partial charge in [-0.25, -0.2) is 0 Å². The van der Waals surface area contributed by atoms with E-state index in [-0.39, 0.29) is 29.7 Å². The summed E-state index contributed by atoms with van der Waals surface area (Å²) in [6, 6.07) is 4.11. The van der Waals surface area contributed by atoms with Crippen molar-refractivity contribution in [3.8, 4) is 0 Å². The summed E-state index contributed by atoms with van der Waals surface area (Å²) in [4.78, 5) is 30.0. The number of rotatable bonds is 6. The summed E-state index contributed by atoms with van der Waals surface area (Å²) >= 11 is 6.54. The molecule has 4 atom stereocenters. The summed E-state index contributed by atoms with van der Waals surface area (Å²) in [5.74, 6) is 0.192. The molecule has 2 aliphatic heterocycles. The number of nitrogens with zero attached hydrogens (tertiary/aromatic N) is 2. The van der Waals surface area contributed by atoms with Gasteiger partial charge in [0.05, 0.1) is 12.5 Å². The lowest BCUT2D eigenvalue weighted by Crippen LogP contribution is -2.54. The van der Waals surface area contributed by atoms with Gasteiger partial charge >= 0.3 is 0 Å². The van der Waals surface area contributed by atoms with Crippen molar-refractivity contribution in [3.05, 3.63) is 33.8 Å². The highest BCUT2D eigenvalue weighted by Crippen LogP contribution is 2.38. The Bertz CT molecular complexity index is 886. The molecule has 1 aromatic rings. The predicted octanol–water partition coefficient (Wildman–Crippen LogP) is 3.72. The Morgan fingerprint density at radius 2 is 1.91 bits per heavy atom. The molecule has 0 bridgehead atoms. The van der Waals surface area contributed by atoms with Crippen LogP contribution in [0.5, 0.6) is 0 Å². The van der Waals surface area contributed by atoms with Crippen LogP contribution in [0, 0.1) is 24.7 Å². The fourth-order valence-corrected chi connectivity index (χ4v) is 6.34. The van der Waals surface area contributed by atoms with Gasteiger partial charge in [-0.1, -0.05) is 31.4 Å². The van der Waals surface area contributed by atoms with E-state index >= 15 is 0 Å². The maximum absolute atomic E-state index is 12.9. The van der Waals surface area contributed by atoms with Crippen LogP contribution in [0.1, 0.15) is 62.1 Å². The minimum Gasteiger partial charge on any atom is -0.381 e. The minimum absolute atomic E-state index is 0.0673. The Morgan fingerprint density at radius 1 is 1.18 bits per heavy atom. The number of primary amides is 1. The summed E-state index contributed by atoms with van der Waals surface area (Å²) in [7, 11) is 0. The minimum atomic E-state index is -0.403. The fraction of sp³-hybridized carbons (Fsp3) is 0.692. The standard InChI is InChI=1S/C26H38ClN3O3/c1-16-14-33-15-23(16)24(25(28)31)22-11-21(27)10-20(18(22)3)13-29-8-9-30(17(2)12-29)26(32)19-6-4-5-7-19/h10-11,16-17,19,23-24H,4-9,12-15H2,1-3H3,(H2,28,31)/t16?,17-,23?,24?/m0/s1.